The number of nitrogens with one attached hydrogen (secondary N) is 2. The summed E-state index contributed by atoms with van der Waals surface area (Å²) in [5.41, 5.74) is 7.64. The molecule has 5 amide bonds. The summed E-state index contributed by atoms with van der Waals surface area (Å²) in [5, 5.41) is 16.6. The van der Waals surface area contributed by atoms with Gasteiger partial charge in [-0.25, -0.2) is 9.97 Å². The number of piperazine rings is 1. The van der Waals surface area contributed by atoms with Gasteiger partial charge < -0.3 is 39.3 Å². The molecule has 3 N–H and O–H groups in total. The summed E-state index contributed by atoms with van der Waals surface area (Å²) in [6.45, 7) is 13.2. The Bertz CT molecular complexity index is 2750. The number of benzene rings is 1. The first kappa shape index (κ1) is 45.9. The Hall–Kier alpha value is -6.53. The highest BCUT2D eigenvalue weighted by molar-refractivity contribution is 6.23. The molecule has 4 saturated heterocycles. The fourth-order valence-corrected chi connectivity index (χ4v) is 12.6. The molecule has 7 aliphatic rings. The van der Waals surface area contributed by atoms with Gasteiger partial charge in [-0.15, -0.1) is 0 Å². The van der Waals surface area contributed by atoms with Gasteiger partial charge in [-0.2, -0.15) is 0 Å². The number of hydrogen-bond acceptors (Lipinski definition) is 14. The number of fused-ring (bicyclic) bond motifs is 4. The van der Waals surface area contributed by atoms with E-state index in [4.69, 9.17) is 9.72 Å². The van der Waals surface area contributed by atoms with Gasteiger partial charge in [-0.05, 0) is 105 Å². The Labute approximate surface area is 407 Å². The Morgan fingerprint density at radius 3 is 2.30 bits per heavy atom. The molecule has 4 fully saturated rings. The molecule has 18 nitrogen and oxygen atoms in total. The maximum atomic E-state index is 14.1. The van der Waals surface area contributed by atoms with Crippen LogP contribution in [0, 0.1) is 5.41 Å². The monoisotopic (exact) mass is 953 g/mol. The second kappa shape index (κ2) is 18.0. The zero-order chi connectivity index (χ0) is 48.6. The molecule has 18 heteroatoms. The molecular formula is C52H63N11O7. The van der Waals surface area contributed by atoms with Crippen LogP contribution in [-0.2, 0) is 29.0 Å². The fourth-order valence-electron chi connectivity index (χ4n) is 12.6. The summed E-state index contributed by atoms with van der Waals surface area (Å²) in [5.74, 6) is -0.847. The fraction of sp³-hybridized carbons (Fsp3) is 0.519. The molecule has 4 atom stereocenters. The van der Waals surface area contributed by atoms with Crippen LogP contribution in [0.3, 0.4) is 0 Å². The van der Waals surface area contributed by atoms with E-state index >= 15 is 0 Å². The van der Waals surface area contributed by atoms with Crippen molar-refractivity contribution in [1.29, 1.82) is 0 Å². The number of imide groups is 2. The van der Waals surface area contributed by atoms with Gasteiger partial charge in [0.05, 0.1) is 60.7 Å². The lowest BCUT2D eigenvalue weighted by Gasteiger charge is -2.47. The Morgan fingerprint density at radius 2 is 1.56 bits per heavy atom. The van der Waals surface area contributed by atoms with Crippen molar-refractivity contribution >= 4 is 58.1 Å². The number of pyridine rings is 2. The van der Waals surface area contributed by atoms with Crippen molar-refractivity contribution in [2.24, 2.45) is 5.41 Å². The molecule has 6 aliphatic heterocycles. The Kier molecular flexibility index (Phi) is 11.8. The molecule has 3 aromatic heterocycles. The molecule has 0 spiro atoms. The first-order chi connectivity index (χ1) is 33.8. The minimum atomic E-state index is -0.983. The van der Waals surface area contributed by atoms with E-state index in [2.05, 4.69) is 72.7 Å². The molecule has 368 valence electrons. The van der Waals surface area contributed by atoms with E-state index < -0.39 is 29.7 Å². The number of amides is 5. The number of aromatic nitrogens is 3. The summed E-state index contributed by atoms with van der Waals surface area (Å²) in [7, 11) is 1.60. The van der Waals surface area contributed by atoms with Gasteiger partial charge in [0.15, 0.2) is 0 Å². The lowest BCUT2D eigenvalue weighted by molar-refractivity contribution is -0.136. The van der Waals surface area contributed by atoms with E-state index in [1.807, 2.05) is 29.3 Å². The number of aliphatic hydroxyl groups excluding tert-OH is 1. The van der Waals surface area contributed by atoms with Crippen molar-refractivity contribution in [1.82, 2.24) is 34.6 Å². The van der Waals surface area contributed by atoms with Gasteiger partial charge in [0.1, 0.15) is 23.2 Å². The maximum absolute atomic E-state index is 14.1. The molecule has 4 aromatic rings. The maximum Gasteiger partial charge on any atom is 0.270 e. The van der Waals surface area contributed by atoms with Crippen LogP contribution in [0.1, 0.15) is 102 Å². The molecule has 0 bridgehead atoms. The third-order valence-electron chi connectivity index (χ3n) is 16.1. The highest BCUT2D eigenvalue weighted by Gasteiger charge is 2.46. The average molecular weight is 954 g/mol. The van der Waals surface area contributed by atoms with Gasteiger partial charge in [-0.1, -0.05) is 13.8 Å². The number of rotatable bonds is 10. The van der Waals surface area contributed by atoms with E-state index in [9.17, 15) is 29.1 Å². The molecule has 1 unspecified atom stereocenters. The molecule has 70 heavy (non-hydrogen) atoms. The number of hydrogen-bond donors (Lipinski definition) is 3. The summed E-state index contributed by atoms with van der Waals surface area (Å²) < 4.78 is 7.95. The van der Waals surface area contributed by atoms with E-state index in [0.717, 1.165) is 112 Å². The van der Waals surface area contributed by atoms with Crippen molar-refractivity contribution in [2.45, 2.75) is 109 Å². The van der Waals surface area contributed by atoms with Crippen LogP contribution in [0.2, 0.25) is 0 Å². The number of methoxy groups -OCH3 is 1. The SMILES string of the molecule is COc1ncc(N2CCC[C@H](N3CCn4c(cc5c4CC(C)(C)C5)C3=O)[C@H]2CO)cc1Nc1ccc(N2CCN(C3CCN(c4ccc5c(c4)C(=O)N(C4CCC(=O)NC4=O)C5=O)CC3)C[C@@H]2C)cn1. The predicted octanol–water partition coefficient (Wildman–Crippen LogP) is 4.22. The zero-order valence-electron chi connectivity index (χ0n) is 40.5. The number of carbonyl (C=O) groups excluding carboxylic acids is 5. The van der Waals surface area contributed by atoms with E-state index in [0.29, 0.717) is 41.1 Å². The van der Waals surface area contributed by atoms with Crippen LogP contribution in [-0.4, -0.2) is 154 Å². The van der Waals surface area contributed by atoms with Crippen LogP contribution in [0.4, 0.5) is 28.6 Å². The van der Waals surface area contributed by atoms with E-state index in [1.54, 1.807) is 25.4 Å². The molecule has 0 radical (unpaired) electrons. The van der Waals surface area contributed by atoms with Gasteiger partial charge in [0.2, 0.25) is 17.7 Å². The predicted molar refractivity (Wildman–Crippen MR) is 263 cm³/mol. The average Bonchev–Trinajstić information content (AvgIpc) is 3.95. The zero-order valence-corrected chi connectivity index (χ0v) is 40.5. The van der Waals surface area contributed by atoms with Crippen LogP contribution in [0.5, 0.6) is 5.88 Å². The van der Waals surface area contributed by atoms with Gasteiger partial charge in [-0.3, -0.25) is 39.1 Å². The third kappa shape index (κ3) is 8.11. The number of carbonyl (C=O) groups is 5. The highest BCUT2D eigenvalue weighted by Crippen LogP contribution is 2.41. The molecular weight excluding hydrogens is 891 g/mol. The van der Waals surface area contributed by atoms with E-state index in [1.165, 1.54) is 11.3 Å². The van der Waals surface area contributed by atoms with Crippen LogP contribution >= 0.6 is 0 Å². The minimum Gasteiger partial charge on any atom is -0.480 e. The minimum absolute atomic E-state index is 0.0563. The van der Waals surface area contributed by atoms with Crippen LogP contribution in [0.25, 0.3) is 0 Å². The van der Waals surface area contributed by atoms with Crippen LogP contribution < -0.4 is 30.1 Å². The van der Waals surface area contributed by atoms with Gasteiger partial charge >= 0.3 is 0 Å². The summed E-state index contributed by atoms with van der Waals surface area (Å²) in [6, 6.07) is 12.8. The van der Waals surface area contributed by atoms with Crippen LogP contribution in [0.15, 0.2) is 54.9 Å². The number of aliphatic hydroxyl groups is 1. The largest absolute Gasteiger partial charge is 0.480 e. The molecule has 1 aliphatic carbocycles. The molecule has 9 heterocycles. The normalized spacial score (nSPS) is 25.0. The van der Waals surface area contributed by atoms with Gasteiger partial charge in [0.25, 0.3) is 17.7 Å². The highest BCUT2D eigenvalue weighted by atomic mass is 16.5. The second-order valence-electron chi connectivity index (χ2n) is 21.0. The number of ether oxygens (including phenoxy) is 1. The first-order valence-corrected chi connectivity index (χ1v) is 25.1. The molecule has 11 rings (SSSR count). The van der Waals surface area contributed by atoms with Crippen molar-refractivity contribution in [3.63, 3.8) is 0 Å². The number of anilines is 5. The van der Waals surface area contributed by atoms with Crippen molar-refractivity contribution in [3.05, 3.63) is 82.9 Å². The summed E-state index contributed by atoms with van der Waals surface area (Å²) in [6.07, 6.45) is 9.53. The standard InChI is InChI=1S/C52H63N11O7/c1-31-29-58(33-13-16-57(17-14-33)34-7-9-37-38(23-34)50(68)63(49(37)67)41-10-12-46(65)56-47(41)66)18-19-59(31)35-8-11-45(53-27-35)55-39-24-36(28-54-48(39)70-4)60-15-5-6-40(44(60)30-64)62-21-20-61-42(51(62)69)22-32-25-52(2,3)26-43(32)61/h7-9,11,22-24,27-28,31,33,40-41,44,64H,5-6,10,12-21,25-26,29-30H2,1-4H3,(H,53,55)(H,56,65,66)/t31-,40-,41?,44+/m0/s1. The topological polar surface area (TPSA) is 189 Å². The van der Waals surface area contributed by atoms with Crippen molar-refractivity contribution in [2.75, 3.05) is 79.5 Å². The Balaban J connectivity index is 0.697. The lowest BCUT2D eigenvalue weighted by atomic mass is 9.90. The second-order valence-corrected chi connectivity index (χ2v) is 21.0. The first-order valence-electron chi connectivity index (χ1n) is 25.1. The molecule has 1 aromatic carbocycles. The lowest BCUT2D eigenvalue weighted by Crippen LogP contribution is -2.60. The van der Waals surface area contributed by atoms with E-state index in [-0.39, 0.29) is 48.9 Å². The van der Waals surface area contributed by atoms with Crippen molar-refractivity contribution in [3.8, 4) is 5.88 Å². The van der Waals surface area contributed by atoms with Gasteiger partial charge in [0, 0.05) is 82.2 Å². The Morgan fingerprint density at radius 1 is 0.786 bits per heavy atom. The molecule has 0 saturated carbocycles. The number of nitrogens with zero attached hydrogens (tertiary/aromatic N) is 9. The van der Waals surface area contributed by atoms with Crippen molar-refractivity contribution < 1.29 is 33.8 Å². The third-order valence-corrected chi connectivity index (χ3v) is 16.1. The summed E-state index contributed by atoms with van der Waals surface area (Å²) >= 11 is 0. The summed E-state index contributed by atoms with van der Waals surface area (Å²) in [4.78, 5) is 87.1. The number of piperidine rings is 3. The quantitative estimate of drug-likeness (QED) is 0.192. The smallest absolute Gasteiger partial charge is 0.270 e.